The maximum Gasteiger partial charge on any atom is 0.123 e. The molecule has 0 fully saturated rings. The average Bonchev–Trinajstić information content (AvgIpc) is 2.83. The van der Waals surface area contributed by atoms with Crippen molar-refractivity contribution in [2.75, 3.05) is 6.54 Å². The molecule has 1 aliphatic rings. The zero-order valence-electron chi connectivity index (χ0n) is 11.4. The van der Waals surface area contributed by atoms with Crippen molar-refractivity contribution in [2.24, 2.45) is 0 Å². The van der Waals surface area contributed by atoms with Gasteiger partial charge in [-0.2, -0.15) is 0 Å². The Balaban J connectivity index is 1.53. The first-order valence-electron chi connectivity index (χ1n) is 6.77. The van der Waals surface area contributed by atoms with Crippen LogP contribution in [0.3, 0.4) is 0 Å². The van der Waals surface area contributed by atoms with Gasteiger partial charge in [-0.05, 0) is 47.9 Å². The maximum atomic E-state index is 5.99. The lowest BCUT2D eigenvalue weighted by Gasteiger charge is -2.12. The van der Waals surface area contributed by atoms with Crippen LogP contribution in [0, 0.1) is 6.92 Å². The van der Waals surface area contributed by atoms with Crippen LogP contribution in [0.5, 0.6) is 5.75 Å². The Kier molecular flexibility index (Phi) is 3.90. The molecule has 104 valence electrons. The molecular weight excluding hydrogens is 272 g/mol. The van der Waals surface area contributed by atoms with Gasteiger partial charge in [0.1, 0.15) is 11.9 Å². The van der Waals surface area contributed by atoms with Crippen LogP contribution in [0.25, 0.3) is 0 Å². The zero-order chi connectivity index (χ0) is 13.9. The molecule has 2 aromatic rings. The van der Waals surface area contributed by atoms with Crippen LogP contribution in [-0.4, -0.2) is 17.6 Å². The molecular formula is C16H17ClN2O. The van der Waals surface area contributed by atoms with Crippen LogP contribution in [0.1, 0.15) is 16.7 Å². The topological polar surface area (TPSA) is 34.2 Å². The summed E-state index contributed by atoms with van der Waals surface area (Å²) in [5.74, 6) is 0.957. The van der Waals surface area contributed by atoms with Gasteiger partial charge in [0, 0.05) is 36.9 Å². The maximum absolute atomic E-state index is 5.99. The molecule has 2 heterocycles. The van der Waals surface area contributed by atoms with Crippen molar-refractivity contribution in [3.8, 4) is 5.75 Å². The highest BCUT2D eigenvalue weighted by Gasteiger charge is 2.22. The molecule has 1 aromatic heterocycles. The van der Waals surface area contributed by atoms with Gasteiger partial charge in [0.25, 0.3) is 0 Å². The number of benzene rings is 1. The van der Waals surface area contributed by atoms with E-state index >= 15 is 0 Å². The summed E-state index contributed by atoms with van der Waals surface area (Å²) in [6.45, 7) is 3.74. The van der Waals surface area contributed by atoms with Crippen molar-refractivity contribution in [1.29, 1.82) is 0 Å². The molecule has 0 bridgehead atoms. The molecule has 3 nitrogen and oxygen atoms in total. The van der Waals surface area contributed by atoms with E-state index in [0.29, 0.717) is 0 Å². The summed E-state index contributed by atoms with van der Waals surface area (Å²) in [7, 11) is 0. The monoisotopic (exact) mass is 288 g/mol. The fourth-order valence-electron chi connectivity index (χ4n) is 2.45. The van der Waals surface area contributed by atoms with Crippen LogP contribution in [0.2, 0.25) is 5.02 Å². The van der Waals surface area contributed by atoms with Gasteiger partial charge in [-0.25, -0.2) is 0 Å². The van der Waals surface area contributed by atoms with Gasteiger partial charge < -0.3 is 10.1 Å². The van der Waals surface area contributed by atoms with Gasteiger partial charge in [-0.15, -0.1) is 0 Å². The van der Waals surface area contributed by atoms with E-state index in [2.05, 4.69) is 17.2 Å². The van der Waals surface area contributed by atoms with Crippen molar-refractivity contribution in [2.45, 2.75) is 26.0 Å². The van der Waals surface area contributed by atoms with E-state index in [9.17, 15) is 0 Å². The Labute approximate surface area is 123 Å². The molecule has 0 spiro atoms. The Morgan fingerprint density at radius 3 is 3.15 bits per heavy atom. The average molecular weight is 289 g/mol. The van der Waals surface area contributed by atoms with E-state index in [1.165, 1.54) is 16.7 Å². The van der Waals surface area contributed by atoms with Gasteiger partial charge in [0.15, 0.2) is 0 Å². The lowest BCUT2D eigenvalue weighted by atomic mass is 10.1. The fourth-order valence-corrected chi connectivity index (χ4v) is 2.65. The number of hydrogen-bond donors (Lipinski definition) is 1. The van der Waals surface area contributed by atoms with Crippen LogP contribution >= 0.6 is 11.6 Å². The highest BCUT2D eigenvalue weighted by Crippen LogP contribution is 2.30. The fraction of sp³-hybridized carbons (Fsp3) is 0.312. The van der Waals surface area contributed by atoms with Crippen molar-refractivity contribution < 1.29 is 4.74 Å². The predicted molar refractivity (Wildman–Crippen MR) is 80.3 cm³/mol. The number of ether oxygens (including phenoxy) is 1. The second-order valence-corrected chi connectivity index (χ2v) is 5.57. The molecule has 0 saturated heterocycles. The Hall–Kier alpha value is -1.58. The molecule has 0 aliphatic carbocycles. The molecule has 0 saturated carbocycles. The van der Waals surface area contributed by atoms with E-state index in [1.54, 1.807) is 0 Å². The Morgan fingerprint density at radius 1 is 1.40 bits per heavy atom. The SMILES string of the molecule is Cc1ccncc1CNCC1Cc2cc(Cl)ccc2O1. The number of aromatic nitrogens is 1. The third-order valence-electron chi connectivity index (χ3n) is 3.60. The smallest absolute Gasteiger partial charge is 0.123 e. The van der Waals surface area contributed by atoms with Crippen molar-refractivity contribution in [1.82, 2.24) is 10.3 Å². The third-order valence-corrected chi connectivity index (χ3v) is 3.83. The van der Waals surface area contributed by atoms with Crippen LogP contribution in [0.4, 0.5) is 0 Å². The molecule has 4 heteroatoms. The van der Waals surface area contributed by atoms with Crippen LogP contribution < -0.4 is 10.1 Å². The summed E-state index contributed by atoms with van der Waals surface area (Å²) >= 11 is 5.99. The number of nitrogens with zero attached hydrogens (tertiary/aromatic N) is 1. The predicted octanol–water partition coefficient (Wildman–Crippen LogP) is 3.14. The number of pyridine rings is 1. The van der Waals surface area contributed by atoms with E-state index in [-0.39, 0.29) is 6.10 Å². The summed E-state index contributed by atoms with van der Waals surface area (Å²) in [6, 6.07) is 7.83. The number of rotatable bonds is 4. The Morgan fingerprint density at radius 2 is 2.30 bits per heavy atom. The second-order valence-electron chi connectivity index (χ2n) is 5.13. The van der Waals surface area contributed by atoms with Crippen LogP contribution in [-0.2, 0) is 13.0 Å². The molecule has 1 aromatic carbocycles. The molecule has 20 heavy (non-hydrogen) atoms. The standard InChI is InChI=1S/C16H17ClN2O/c1-11-4-5-18-8-13(11)9-19-10-15-7-12-6-14(17)2-3-16(12)20-15/h2-6,8,15,19H,7,9-10H2,1H3. The highest BCUT2D eigenvalue weighted by atomic mass is 35.5. The number of aryl methyl sites for hydroxylation is 1. The molecule has 1 unspecified atom stereocenters. The summed E-state index contributed by atoms with van der Waals surface area (Å²) in [5.41, 5.74) is 3.68. The molecule has 0 amide bonds. The van der Waals surface area contributed by atoms with Gasteiger partial charge in [0.2, 0.25) is 0 Å². The summed E-state index contributed by atoms with van der Waals surface area (Å²) in [6.07, 6.45) is 4.82. The zero-order valence-corrected chi connectivity index (χ0v) is 12.2. The second kappa shape index (κ2) is 5.81. The summed E-state index contributed by atoms with van der Waals surface area (Å²) in [4.78, 5) is 4.15. The lowest BCUT2D eigenvalue weighted by Crippen LogP contribution is -2.29. The van der Waals surface area contributed by atoms with Crippen molar-refractivity contribution in [3.05, 3.63) is 58.4 Å². The number of halogens is 1. The number of fused-ring (bicyclic) bond motifs is 1. The van der Waals surface area contributed by atoms with E-state index < -0.39 is 0 Å². The Bertz CT molecular complexity index is 615. The first kappa shape index (κ1) is 13.4. The summed E-state index contributed by atoms with van der Waals surface area (Å²) in [5, 5.41) is 4.21. The minimum Gasteiger partial charge on any atom is -0.488 e. The quantitative estimate of drug-likeness (QED) is 0.938. The minimum absolute atomic E-state index is 0.181. The molecule has 3 rings (SSSR count). The summed E-state index contributed by atoms with van der Waals surface area (Å²) < 4.78 is 5.89. The molecule has 1 N–H and O–H groups in total. The van der Waals surface area contributed by atoms with Gasteiger partial charge in [0.05, 0.1) is 0 Å². The highest BCUT2D eigenvalue weighted by molar-refractivity contribution is 6.30. The van der Waals surface area contributed by atoms with E-state index in [0.717, 1.165) is 30.3 Å². The normalized spacial score (nSPS) is 16.8. The van der Waals surface area contributed by atoms with Gasteiger partial charge in [-0.1, -0.05) is 11.6 Å². The molecule has 1 atom stereocenters. The largest absolute Gasteiger partial charge is 0.488 e. The minimum atomic E-state index is 0.181. The van der Waals surface area contributed by atoms with E-state index in [1.807, 2.05) is 36.7 Å². The van der Waals surface area contributed by atoms with E-state index in [4.69, 9.17) is 16.3 Å². The molecule has 0 radical (unpaired) electrons. The van der Waals surface area contributed by atoms with Crippen molar-refractivity contribution in [3.63, 3.8) is 0 Å². The number of hydrogen-bond acceptors (Lipinski definition) is 3. The number of nitrogens with one attached hydrogen (secondary N) is 1. The molecule has 1 aliphatic heterocycles. The van der Waals surface area contributed by atoms with Crippen molar-refractivity contribution >= 4 is 11.6 Å². The van der Waals surface area contributed by atoms with Gasteiger partial charge in [-0.3, -0.25) is 4.98 Å². The lowest BCUT2D eigenvalue weighted by molar-refractivity contribution is 0.227. The van der Waals surface area contributed by atoms with Crippen LogP contribution in [0.15, 0.2) is 36.7 Å². The first-order chi connectivity index (χ1) is 9.72. The van der Waals surface area contributed by atoms with Gasteiger partial charge >= 0.3 is 0 Å². The third kappa shape index (κ3) is 2.94. The first-order valence-corrected chi connectivity index (χ1v) is 7.15.